The second-order valence-electron chi connectivity index (χ2n) is 6.20. The van der Waals surface area contributed by atoms with Gasteiger partial charge in [-0.1, -0.05) is 52.6 Å². The van der Waals surface area contributed by atoms with E-state index in [2.05, 4.69) is 84.8 Å². The summed E-state index contributed by atoms with van der Waals surface area (Å²) in [6.45, 7) is 13.5. The highest BCUT2D eigenvalue weighted by molar-refractivity contribution is 9.10. The SMILES string of the molecule is Cc1cc(Br)cc(O[Si](C)(C)C(C)(C)C)c1CBr. The van der Waals surface area contributed by atoms with Gasteiger partial charge in [0.05, 0.1) is 0 Å². The van der Waals surface area contributed by atoms with Gasteiger partial charge in [0, 0.05) is 15.4 Å². The van der Waals surface area contributed by atoms with E-state index in [1.807, 2.05) is 0 Å². The maximum atomic E-state index is 6.43. The summed E-state index contributed by atoms with van der Waals surface area (Å²) in [5, 5.41) is 1.04. The van der Waals surface area contributed by atoms with Gasteiger partial charge in [-0.05, 0) is 42.8 Å². The highest BCUT2D eigenvalue weighted by atomic mass is 79.9. The Balaban J connectivity index is 3.19. The number of hydrogen-bond donors (Lipinski definition) is 0. The van der Waals surface area contributed by atoms with Crippen LogP contribution in [0.15, 0.2) is 16.6 Å². The summed E-state index contributed by atoms with van der Waals surface area (Å²) in [7, 11) is -1.78. The van der Waals surface area contributed by atoms with Gasteiger partial charge in [0.15, 0.2) is 0 Å². The zero-order valence-corrected chi connectivity index (χ0v) is 16.2. The molecule has 0 aliphatic heterocycles. The van der Waals surface area contributed by atoms with Crippen LogP contribution in [-0.4, -0.2) is 8.32 Å². The van der Waals surface area contributed by atoms with Crippen LogP contribution in [0.4, 0.5) is 0 Å². The Morgan fingerprint density at radius 3 is 2.22 bits per heavy atom. The van der Waals surface area contributed by atoms with Crippen molar-refractivity contribution in [3.8, 4) is 5.75 Å². The molecule has 0 bridgehead atoms. The Bertz CT molecular complexity index is 436. The molecule has 0 aliphatic rings. The lowest BCUT2D eigenvalue weighted by molar-refractivity contribution is 0.488. The Morgan fingerprint density at radius 1 is 1.22 bits per heavy atom. The Morgan fingerprint density at radius 2 is 1.78 bits per heavy atom. The molecule has 0 atom stereocenters. The first-order chi connectivity index (χ1) is 8.08. The molecule has 4 heteroatoms. The molecule has 0 saturated carbocycles. The van der Waals surface area contributed by atoms with Crippen LogP contribution in [0.3, 0.4) is 0 Å². The third-order valence-electron chi connectivity index (χ3n) is 3.70. The lowest BCUT2D eigenvalue weighted by atomic mass is 10.1. The van der Waals surface area contributed by atoms with Crippen LogP contribution in [0.2, 0.25) is 18.1 Å². The van der Waals surface area contributed by atoms with E-state index in [4.69, 9.17) is 4.43 Å². The average Bonchev–Trinajstić information content (AvgIpc) is 2.14. The number of halogens is 2. The fourth-order valence-corrected chi connectivity index (χ4v) is 3.74. The molecule has 0 unspecified atom stereocenters. The third-order valence-corrected chi connectivity index (χ3v) is 9.06. The summed E-state index contributed by atoms with van der Waals surface area (Å²) in [6, 6.07) is 4.22. The lowest BCUT2D eigenvalue weighted by Gasteiger charge is -2.37. The quantitative estimate of drug-likeness (QED) is 0.449. The second kappa shape index (κ2) is 5.67. The van der Waals surface area contributed by atoms with E-state index in [0.29, 0.717) is 0 Å². The summed E-state index contributed by atoms with van der Waals surface area (Å²) >= 11 is 7.12. The molecular formula is C14H22Br2OSi. The zero-order valence-electron chi connectivity index (χ0n) is 12.0. The first-order valence-corrected chi connectivity index (χ1v) is 10.9. The maximum Gasteiger partial charge on any atom is 0.250 e. The van der Waals surface area contributed by atoms with Crippen LogP contribution in [0.25, 0.3) is 0 Å². The van der Waals surface area contributed by atoms with Gasteiger partial charge in [-0.2, -0.15) is 0 Å². The van der Waals surface area contributed by atoms with Crippen molar-refractivity contribution < 1.29 is 4.43 Å². The number of aryl methyl sites for hydroxylation is 1. The van der Waals surface area contributed by atoms with Gasteiger partial charge in [-0.15, -0.1) is 0 Å². The number of alkyl halides is 1. The van der Waals surface area contributed by atoms with Crippen molar-refractivity contribution in [2.75, 3.05) is 0 Å². The molecule has 0 heterocycles. The first-order valence-electron chi connectivity index (χ1n) is 6.12. The summed E-state index contributed by atoms with van der Waals surface area (Å²) in [5.41, 5.74) is 2.51. The average molecular weight is 394 g/mol. The largest absolute Gasteiger partial charge is 0.543 e. The molecule has 1 nitrogen and oxygen atoms in total. The van der Waals surface area contributed by atoms with Crippen LogP contribution in [0.1, 0.15) is 31.9 Å². The molecule has 1 aromatic rings. The molecule has 0 amide bonds. The van der Waals surface area contributed by atoms with Gasteiger partial charge < -0.3 is 4.43 Å². The van der Waals surface area contributed by atoms with E-state index in [0.717, 1.165) is 15.6 Å². The minimum Gasteiger partial charge on any atom is -0.543 e. The third kappa shape index (κ3) is 3.61. The molecule has 1 aromatic carbocycles. The normalized spacial score (nSPS) is 12.7. The van der Waals surface area contributed by atoms with Gasteiger partial charge in [0.2, 0.25) is 8.32 Å². The molecule has 0 radical (unpaired) electrons. The Labute approximate surface area is 129 Å². The monoisotopic (exact) mass is 392 g/mol. The molecule has 0 N–H and O–H groups in total. The Kier molecular flexibility index (Phi) is 5.12. The highest BCUT2D eigenvalue weighted by Crippen LogP contribution is 2.39. The fourth-order valence-electron chi connectivity index (χ4n) is 1.43. The van der Waals surface area contributed by atoms with Crippen molar-refractivity contribution in [3.63, 3.8) is 0 Å². The van der Waals surface area contributed by atoms with Crippen LogP contribution < -0.4 is 4.43 Å². The van der Waals surface area contributed by atoms with Crippen LogP contribution >= 0.6 is 31.9 Å². The van der Waals surface area contributed by atoms with Crippen molar-refractivity contribution in [3.05, 3.63) is 27.7 Å². The van der Waals surface area contributed by atoms with Gasteiger partial charge in [-0.3, -0.25) is 0 Å². The van der Waals surface area contributed by atoms with Crippen LogP contribution in [-0.2, 0) is 5.33 Å². The number of rotatable bonds is 3. The predicted molar refractivity (Wildman–Crippen MR) is 89.3 cm³/mol. The van der Waals surface area contributed by atoms with Crippen molar-refractivity contribution in [2.45, 2.75) is 51.2 Å². The minimum absolute atomic E-state index is 0.215. The van der Waals surface area contributed by atoms with Crippen molar-refractivity contribution in [1.29, 1.82) is 0 Å². The minimum atomic E-state index is -1.78. The molecule has 0 saturated heterocycles. The maximum absolute atomic E-state index is 6.43. The van der Waals surface area contributed by atoms with Crippen molar-refractivity contribution >= 4 is 40.2 Å². The number of benzene rings is 1. The molecular weight excluding hydrogens is 372 g/mol. The number of hydrogen-bond acceptors (Lipinski definition) is 1. The summed E-state index contributed by atoms with van der Waals surface area (Å²) in [6.07, 6.45) is 0. The molecule has 0 spiro atoms. The smallest absolute Gasteiger partial charge is 0.250 e. The lowest BCUT2D eigenvalue weighted by Crippen LogP contribution is -2.44. The topological polar surface area (TPSA) is 9.23 Å². The van der Waals surface area contributed by atoms with E-state index in [1.165, 1.54) is 11.1 Å². The summed E-state index contributed by atoms with van der Waals surface area (Å²) in [5.74, 6) is 1.02. The van der Waals surface area contributed by atoms with E-state index >= 15 is 0 Å². The molecule has 0 aromatic heterocycles. The summed E-state index contributed by atoms with van der Waals surface area (Å²) in [4.78, 5) is 0. The van der Waals surface area contributed by atoms with Gasteiger partial charge in [0.25, 0.3) is 0 Å². The Hall–Kier alpha value is 0.197. The molecule has 102 valence electrons. The van der Waals surface area contributed by atoms with Crippen molar-refractivity contribution in [1.82, 2.24) is 0 Å². The first kappa shape index (κ1) is 16.3. The van der Waals surface area contributed by atoms with E-state index in [9.17, 15) is 0 Å². The van der Waals surface area contributed by atoms with E-state index in [1.54, 1.807) is 0 Å². The molecule has 0 aliphatic carbocycles. The molecule has 1 rings (SSSR count). The zero-order chi connectivity index (χ0) is 14.1. The highest BCUT2D eigenvalue weighted by Gasteiger charge is 2.39. The van der Waals surface area contributed by atoms with E-state index in [-0.39, 0.29) is 5.04 Å². The summed E-state index contributed by atoms with van der Waals surface area (Å²) < 4.78 is 7.51. The fraction of sp³-hybridized carbons (Fsp3) is 0.571. The predicted octanol–water partition coefficient (Wildman–Crippen LogP) is 6.04. The standard InChI is InChI=1S/C14H22Br2OSi/c1-10-7-11(16)8-13(12(10)9-15)17-18(5,6)14(2,3)4/h7-8H,9H2,1-6H3. The molecule has 18 heavy (non-hydrogen) atoms. The van der Waals surface area contributed by atoms with Crippen LogP contribution in [0, 0.1) is 6.92 Å². The molecule has 0 fully saturated rings. The van der Waals surface area contributed by atoms with Crippen molar-refractivity contribution in [2.24, 2.45) is 0 Å². The van der Waals surface area contributed by atoms with E-state index < -0.39 is 8.32 Å². The van der Waals surface area contributed by atoms with Gasteiger partial charge in [0.1, 0.15) is 5.75 Å². The van der Waals surface area contributed by atoms with Gasteiger partial charge >= 0.3 is 0 Å². The van der Waals surface area contributed by atoms with Gasteiger partial charge in [-0.25, -0.2) is 0 Å². The van der Waals surface area contributed by atoms with Crippen LogP contribution in [0.5, 0.6) is 5.75 Å². The second-order valence-corrected chi connectivity index (χ2v) is 12.4.